The normalized spacial score (nSPS) is 18.0. The molecule has 0 radical (unpaired) electrons. The number of hydrogen-bond acceptors (Lipinski definition) is 3. The number of anilines is 1. The van der Waals surface area contributed by atoms with Crippen molar-refractivity contribution in [3.8, 4) is 0 Å². The van der Waals surface area contributed by atoms with E-state index in [1.54, 1.807) is 18.3 Å². The number of aromatic nitrogens is 1. The summed E-state index contributed by atoms with van der Waals surface area (Å²) in [6.07, 6.45) is 6.24. The van der Waals surface area contributed by atoms with Crippen LogP contribution >= 0.6 is 12.2 Å². The van der Waals surface area contributed by atoms with E-state index in [1.165, 1.54) is 0 Å². The summed E-state index contributed by atoms with van der Waals surface area (Å²) in [6, 6.07) is 5.39. The molecule has 0 aliphatic heterocycles. The molecule has 0 spiro atoms. The van der Waals surface area contributed by atoms with Gasteiger partial charge in [0.25, 0.3) is 0 Å². The van der Waals surface area contributed by atoms with Crippen LogP contribution in [0.3, 0.4) is 0 Å². The van der Waals surface area contributed by atoms with E-state index < -0.39 is 5.41 Å². The summed E-state index contributed by atoms with van der Waals surface area (Å²) in [5, 5.41) is 2.82. The van der Waals surface area contributed by atoms with Crippen LogP contribution in [0.5, 0.6) is 0 Å². The number of carbonyl (C=O) groups excluding carboxylic acids is 1. The monoisotopic (exact) mass is 263 g/mol. The van der Waals surface area contributed by atoms with Gasteiger partial charge in [0, 0.05) is 6.20 Å². The van der Waals surface area contributed by atoms with Gasteiger partial charge in [0.2, 0.25) is 5.91 Å². The zero-order valence-corrected chi connectivity index (χ0v) is 11.0. The van der Waals surface area contributed by atoms with Crippen molar-refractivity contribution in [3.05, 3.63) is 24.4 Å². The summed E-state index contributed by atoms with van der Waals surface area (Å²) < 4.78 is 0. The number of carbonyl (C=O) groups is 1. The topological polar surface area (TPSA) is 68.0 Å². The van der Waals surface area contributed by atoms with E-state index in [0.717, 1.165) is 32.1 Å². The van der Waals surface area contributed by atoms with Crippen molar-refractivity contribution < 1.29 is 4.79 Å². The lowest BCUT2D eigenvalue weighted by Crippen LogP contribution is -2.47. The molecule has 0 aromatic carbocycles. The molecular weight excluding hydrogens is 246 g/mol. The molecule has 3 N–H and O–H groups in total. The quantitative estimate of drug-likeness (QED) is 0.821. The molecule has 1 aliphatic rings. The van der Waals surface area contributed by atoms with Gasteiger partial charge < -0.3 is 11.1 Å². The molecule has 5 heteroatoms. The first-order valence-corrected chi connectivity index (χ1v) is 6.58. The lowest BCUT2D eigenvalue weighted by molar-refractivity contribution is -0.123. The van der Waals surface area contributed by atoms with Gasteiger partial charge in [-0.1, -0.05) is 37.5 Å². The van der Waals surface area contributed by atoms with Gasteiger partial charge in [0.05, 0.1) is 10.4 Å². The number of nitrogens with one attached hydrogen (secondary N) is 1. The Morgan fingerprint density at radius 2 is 2.06 bits per heavy atom. The number of amides is 1. The van der Waals surface area contributed by atoms with Crippen LogP contribution in [-0.2, 0) is 4.79 Å². The maximum atomic E-state index is 12.4. The van der Waals surface area contributed by atoms with Gasteiger partial charge in [0.1, 0.15) is 5.82 Å². The summed E-state index contributed by atoms with van der Waals surface area (Å²) in [7, 11) is 0. The molecule has 18 heavy (non-hydrogen) atoms. The molecule has 1 fully saturated rings. The van der Waals surface area contributed by atoms with Gasteiger partial charge in [-0.2, -0.15) is 0 Å². The Bertz CT molecular complexity index is 441. The molecule has 0 unspecified atom stereocenters. The summed E-state index contributed by atoms with van der Waals surface area (Å²) in [4.78, 5) is 16.8. The second-order valence-electron chi connectivity index (χ2n) is 4.68. The van der Waals surface area contributed by atoms with Crippen molar-refractivity contribution in [2.45, 2.75) is 32.1 Å². The first kappa shape index (κ1) is 13.0. The minimum atomic E-state index is -0.689. The maximum absolute atomic E-state index is 12.4. The van der Waals surface area contributed by atoms with Gasteiger partial charge in [-0.15, -0.1) is 0 Å². The molecule has 0 saturated heterocycles. The molecule has 0 atom stereocenters. The highest BCUT2D eigenvalue weighted by Gasteiger charge is 2.42. The van der Waals surface area contributed by atoms with Crippen molar-refractivity contribution in [1.82, 2.24) is 4.98 Å². The maximum Gasteiger partial charge on any atom is 0.238 e. The molecule has 1 aromatic rings. The largest absolute Gasteiger partial charge is 0.392 e. The second kappa shape index (κ2) is 5.44. The van der Waals surface area contributed by atoms with Crippen molar-refractivity contribution in [2.24, 2.45) is 11.1 Å². The van der Waals surface area contributed by atoms with Crippen LogP contribution < -0.4 is 11.1 Å². The van der Waals surface area contributed by atoms with Crippen molar-refractivity contribution in [2.75, 3.05) is 5.32 Å². The number of rotatable bonds is 3. The lowest BCUT2D eigenvalue weighted by atomic mass is 9.73. The highest BCUT2D eigenvalue weighted by molar-refractivity contribution is 7.80. The van der Waals surface area contributed by atoms with E-state index >= 15 is 0 Å². The van der Waals surface area contributed by atoms with E-state index in [4.69, 9.17) is 18.0 Å². The van der Waals surface area contributed by atoms with Crippen LogP contribution in [0.15, 0.2) is 24.4 Å². The predicted molar refractivity (Wildman–Crippen MR) is 75.2 cm³/mol. The third-order valence-corrected chi connectivity index (χ3v) is 3.91. The number of thiocarbonyl (C=S) groups is 1. The average Bonchev–Trinajstić information content (AvgIpc) is 2.40. The first-order valence-electron chi connectivity index (χ1n) is 6.17. The summed E-state index contributed by atoms with van der Waals surface area (Å²) in [6.45, 7) is 0. The Morgan fingerprint density at radius 3 is 2.61 bits per heavy atom. The van der Waals surface area contributed by atoms with Gasteiger partial charge >= 0.3 is 0 Å². The molecule has 96 valence electrons. The molecule has 0 bridgehead atoms. The summed E-state index contributed by atoms with van der Waals surface area (Å²) in [5.41, 5.74) is 5.12. The van der Waals surface area contributed by atoms with E-state index in [2.05, 4.69) is 10.3 Å². The van der Waals surface area contributed by atoms with Gasteiger partial charge in [-0.05, 0) is 25.0 Å². The van der Waals surface area contributed by atoms with Crippen LogP contribution in [0.25, 0.3) is 0 Å². The highest BCUT2D eigenvalue weighted by atomic mass is 32.1. The highest BCUT2D eigenvalue weighted by Crippen LogP contribution is 2.37. The van der Waals surface area contributed by atoms with E-state index in [-0.39, 0.29) is 5.91 Å². The minimum absolute atomic E-state index is 0.117. The molecule has 4 nitrogen and oxygen atoms in total. The third-order valence-electron chi connectivity index (χ3n) is 3.52. The number of hydrogen-bond donors (Lipinski definition) is 2. The van der Waals surface area contributed by atoms with Crippen LogP contribution in [0.1, 0.15) is 32.1 Å². The van der Waals surface area contributed by atoms with E-state index in [1.807, 2.05) is 6.07 Å². The zero-order valence-electron chi connectivity index (χ0n) is 10.2. The van der Waals surface area contributed by atoms with Crippen LogP contribution in [-0.4, -0.2) is 15.9 Å². The number of nitrogens with two attached hydrogens (primary N) is 1. The minimum Gasteiger partial charge on any atom is -0.392 e. The Balaban J connectivity index is 2.16. The van der Waals surface area contributed by atoms with Crippen LogP contribution in [0.4, 0.5) is 5.82 Å². The van der Waals surface area contributed by atoms with Gasteiger partial charge in [0.15, 0.2) is 0 Å². The fourth-order valence-electron chi connectivity index (χ4n) is 2.41. The van der Waals surface area contributed by atoms with Crippen molar-refractivity contribution >= 4 is 28.9 Å². The zero-order chi connectivity index (χ0) is 13.0. The molecule has 2 rings (SSSR count). The predicted octanol–water partition coefficient (Wildman–Crippen LogP) is 2.26. The SMILES string of the molecule is NC(=S)C1(C(=O)Nc2ccccn2)CCCCC1. The van der Waals surface area contributed by atoms with Gasteiger partial charge in [-0.3, -0.25) is 4.79 Å². The third kappa shape index (κ3) is 2.51. The van der Waals surface area contributed by atoms with Gasteiger partial charge in [-0.25, -0.2) is 4.98 Å². The number of pyridine rings is 1. The second-order valence-corrected chi connectivity index (χ2v) is 5.12. The molecule has 1 saturated carbocycles. The Hall–Kier alpha value is -1.49. The van der Waals surface area contributed by atoms with Crippen LogP contribution in [0.2, 0.25) is 0 Å². The first-order chi connectivity index (χ1) is 8.65. The van der Waals surface area contributed by atoms with Crippen molar-refractivity contribution in [3.63, 3.8) is 0 Å². The van der Waals surface area contributed by atoms with E-state index in [9.17, 15) is 4.79 Å². The van der Waals surface area contributed by atoms with Crippen LogP contribution in [0, 0.1) is 5.41 Å². The summed E-state index contributed by atoms with van der Waals surface area (Å²) in [5.74, 6) is 0.428. The smallest absolute Gasteiger partial charge is 0.238 e. The molecule has 1 heterocycles. The number of nitrogens with zero attached hydrogens (tertiary/aromatic N) is 1. The Kier molecular flexibility index (Phi) is 3.91. The molecule has 1 aliphatic carbocycles. The molecule has 1 amide bonds. The Morgan fingerprint density at radius 1 is 1.33 bits per heavy atom. The van der Waals surface area contributed by atoms with Crippen molar-refractivity contribution in [1.29, 1.82) is 0 Å². The molecular formula is C13H17N3OS. The fourth-order valence-corrected chi connectivity index (χ4v) is 2.71. The summed E-state index contributed by atoms with van der Waals surface area (Å²) >= 11 is 5.12. The van der Waals surface area contributed by atoms with E-state index in [0.29, 0.717) is 10.8 Å². The fraction of sp³-hybridized carbons (Fsp3) is 0.462. The molecule has 1 aromatic heterocycles. The average molecular weight is 263 g/mol. The standard InChI is InChI=1S/C13H17N3OS/c14-11(18)13(7-3-1-4-8-13)12(17)16-10-6-2-5-9-15-10/h2,5-6,9H,1,3-4,7-8H2,(H2,14,18)(H,15,16,17). The Labute approximate surface area is 112 Å². The lowest BCUT2D eigenvalue weighted by Gasteiger charge is -2.34.